The fourth-order valence-electron chi connectivity index (χ4n) is 2.83. The van der Waals surface area contributed by atoms with E-state index in [1.165, 1.54) is 4.57 Å². The Morgan fingerprint density at radius 1 is 1.19 bits per heavy atom. The quantitative estimate of drug-likeness (QED) is 0.843. The van der Waals surface area contributed by atoms with Crippen LogP contribution in [0.5, 0.6) is 0 Å². The molecule has 0 aliphatic heterocycles. The van der Waals surface area contributed by atoms with Crippen molar-refractivity contribution in [1.29, 1.82) is 0 Å². The van der Waals surface area contributed by atoms with E-state index in [1.54, 1.807) is 12.3 Å². The standard InChI is InChI=1S/C16H16N2O3/c17-9-10-1-2-11-5-6-18(16(21)13(11)7-10)14-4-3-12(19)8-15(14)20/h1-2,5-7,14H,3-4,8-9,17H2. The number of hydrogen-bond acceptors (Lipinski definition) is 4. The lowest BCUT2D eigenvalue weighted by Crippen LogP contribution is -2.34. The number of rotatable bonds is 2. The third-order valence-electron chi connectivity index (χ3n) is 4.01. The highest BCUT2D eigenvalue weighted by atomic mass is 16.2. The Bertz CT molecular complexity index is 792. The molecule has 1 atom stereocenters. The molecule has 0 radical (unpaired) electrons. The highest BCUT2D eigenvalue weighted by Gasteiger charge is 2.29. The maximum absolute atomic E-state index is 12.6. The van der Waals surface area contributed by atoms with E-state index in [4.69, 9.17) is 5.73 Å². The molecule has 0 saturated heterocycles. The summed E-state index contributed by atoms with van der Waals surface area (Å²) >= 11 is 0. The predicted octanol–water partition coefficient (Wildman–Crippen LogP) is 1.32. The lowest BCUT2D eigenvalue weighted by molar-refractivity contribution is -0.132. The maximum atomic E-state index is 12.6. The topological polar surface area (TPSA) is 82.2 Å². The van der Waals surface area contributed by atoms with Crippen LogP contribution in [0.15, 0.2) is 35.3 Å². The maximum Gasteiger partial charge on any atom is 0.259 e. The second-order valence-corrected chi connectivity index (χ2v) is 5.39. The van der Waals surface area contributed by atoms with E-state index in [-0.39, 0.29) is 23.5 Å². The third kappa shape index (κ3) is 2.40. The SMILES string of the molecule is NCc1ccc2ccn(C3CCC(=O)CC3=O)c(=O)c2c1. The van der Waals surface area contributed by atoms with Gasteiger partial charge in [-0.1, -0.05) is 12.1 Å². The van der Waals surface area contributed by atoms with Crippen molar-refractivity contribution in [3.8, 4) is 0 Å². The number of pyridine rings is 1. The molecule has 1 aliphatic carbocycles. The number of aromatic nitrogens is 1. The van der Waals surface area contributed by atoms with Gasteiger partial charge in [-0.2, -0.15) is 0 Å². The van der Waals surface area contributed by atoms with Crippen molar-refractivity contribution < 1.29 is 9.59 Å². The van der Waals surface area contributed by atoms with Crippen LogP contribution in [-0.2, 0) is 16.1 Å². The van der Waals surface area contributed by atoms with Gasteiger partial charge in [-0.25, -0.2) is 0 Å². The first kappa shape index (κ1) is 13.7. The Hall–Kier alpha value is -2.27. The number of Topliss-reactive ketones (excluding diaryl/α,β-unsaturated/α-hetero) is 2. The minimum absolute atomic E-state index is 0.0458. The van der Waals surface area contributed by atoms with E-state index in [9.17, 15) is 14.4 Å². The average molecular weight is 284 g/mol. The van der Waals surface area contributed by atoms with Crippen molar-refractivity contribution in [2.75, 3.05) is 0 Å². The van der Waals surface area contributed by atoms with Crippen molar-refractivity contribution in [3.05, 3.63) is 46.4 Å². The Morgan fingerprint density at radius 2 is 2.00 bits per heavy atom. The first-order valence-corrected chi connectivity index (χ1v) is 6.98. The number of carbonyl (C=O) groups is 2. The van der Waals surface area contributed by atoms with Crippen LogP contribution in [0, 0.1) is 0 Å². The van der Waals surface area contributed by atoms with Crippen LogP contribution in [0.2, 0.25) is 0 Å². The second kappa shape index (κ2) is 5.26. The Morgan fingerprint density at radius 3 is 2.71 bits per heavy atom. The molecule has 5 heteroatoms. The molecule has 1 unspecified atom stereocenters. The Labute approximate surface area is 121 Å². The fraction of sp³-hybridized carbons (Fsp3) is 0.312. The molecule has 0 amide bonds. The summed E-state index contributed by atoms with van der Waals surface area (Å²) in [7, 11) is 0. The van der Waals surface area contributed by atoms with Gasteiger partial charge >= 0.3 is 0 Å². The number of nitrogens with zero attached hydrogens (tertiary/aromatic N) is 1. The molecule has 5 nitrogen and oxygen atoms in total. The van der Waals surface area contributed by atoms with Crippen molar-refractivity contribution in [2.45, 2.75) is 31.8 Å². The number of nitrogens with two attached hydrogens (primary N) is 1. The van der Waals surface area contributed by atoms with Crippen LogP contribution < -0.4 is 11.3 Å². The van der Waals surface area contributed by atoms with E-state index in [1.807, 2.05) is 18.2 Å². The molecule has 3 rings (SSSR count). The van der Waals surface area contributed by atoms with Crippen LogP contribution in [0.3, 0.4) is 0 Å². The number of carbonyl (C=O) groups excluding carboxylic acids is 2. The molecule has 0 bridgehead atoms. The lowest BCUT2D eigenvalue weighted by atomic mass is 9.92. The molecule has 2 N–H and O–H groups in total. The molecule has 1 aromatic heterocycles. The van der Waals surface area contributed by atoms with Crippen LogP contribution in [0.4, 0.5) is 0 Å². The largest absolute Gasteiger partial charge is 0.326 e. The van der Waals surface area contributed by atoms with Crippen LogP contribution in [-0.4, -0.2) is 16.1 Å². The van der Waals surface area contributed by atoms with Gasteiger partial charge in [0.2, 0.25) is 0 Å². The number of ketones is 2. The van der Waals surface area contributed by atoms with E-state index in [0.29, 0.717) is 24.8 Å². The molecular formula is C16H16N2O3. The van der Waals surface area contributed by atoms with Crippen molar-refractivity contribution in [3.63, 3.8) is 0 Å². The van der Waals surface area contributed by atoms with Gasteiger partial charge in [0, 0.05) is 24.5 Å². The monoisotopic (exact) mass is 284 g/mol. The van der Waals surface area contributed by atoms with Gasteiger partial charge in [0.05, 0.1) is 12.5 Å². The molecule has 2 aromatic rings. The van der Waals surface area contributed by atoms with Gasteiger partial charge < -0.3 is 10.3 Å². The molecule has 0 spiro atoms. The third-order valence-corrected chi connectivity index (χ3v) is 4.01. The van der Waals surface area contributed by atoms with E-state index in [0.717, 1.165) is 10.9 Å². The Balaban J connectivity index is 2.11. The molecular weight excluding hydrogens is 268 g/mol. The van der Waals surface area contributed by atoms with Crippen molar-refractivity contribution >= 4 is 22.3 Å². The van der Waals surface area contributed by atoms with E-state index >= 15 is 0 Å². The number of hydrogen-bond donors (Lipinski definition) is 1. The molecule has 1 heterocycles. The van der Waals surface area contributed by atoms with Gasteiger partial charge in [0.1, 0.15) is 5.78 Å². The van der Waals surface area contributed by atoms with Gasteiger partial charge in [0.25, 0.3) is 5.56 Å². The zero-order valence-electron chi connectivity index (χ0n) is 11.5. The molecule has 108 valence electrons. The average Bonchev–Trinajstić information content (AvgIpc) is 2.48. The zero-order chi connectivity index (χ0) is 15.0. The summed E-state index contributed by atoms with van der Waals surface area (Å²) in [6, 6.07) is 6.81. The van der Waals surface area contributed by atoms with Crippen LogP contribution >= 0.6 is 0 Å². The summed E-state index contributed by atoms with van der Waals surface area (Å²) in [4.78, 5) is 35.9. The highest BCUT2D eigenvalue weighted by Crippen LogP contribution is 2.23. The number of benzene rings is 1. The summed E-state index contributed by atoms with van der Waals surface area (Å²) < 4.78 is 1.46. The van der Waals surface area contributed by atoms with Crippen molar-refractivity contribution in [2.24, 2.45) is 5.73 Å². The van der Waals surface area contributed by atoms with Gasteiger partial charge in [-0.3, -0.25) is 14.4 Å². The number of fused-ring (bicyclic) bond motifs is 1. The first-order valence-electron chi connectivity index (χ1n) is 6.98. The van der Waals surface area contributed by atoms with E-state index < -0.39 is 6.04 Å². The highest BCUT2D eigenvalue weighted by molar-refractivity contribution is 6.03. The fourth-order valence-corrected chi connectivity index (χ4v) is 2.83. The molecule has 1 saturated carbocycles. The second-order valence-electron chi connectivity index (χ2n) is 5.39. The van der Waals surface area contributed by atoms with Gasteiger partial charge in [-0.15, -0.1) is 0 Å². The van der Waals surface area contributed by atoms with E-state index in [2.05, 4.69) is 0 Å². The van der Waals surface area contributed by atoms with Gasteiger partial charge in [-0.05, 0) is 29.5 Å². The minimum Gasteiger partial charge on any atom is -0.326 e. The minimum atomic E-state index is -0.527. The summed E-state index contributed by atoms with van der Waals surface area (Å²) in [5, 5.41) is 1.39. The molecule has 1 aromatic carbocycles. The summed E-state index contributed by atoms with van der Waals surface area (Å²) in [5.74, 6) is -0.224. The van der Waals surface area contributed by atoms with Gasteiger partial charge in [0.15, 0.2) is 5.78 Å². The Kier molecular flexibility index (Phi) is 3.43. The van der Waals surface area contributed by atoms with Crippen LogP contribution in [0.25, 0.3) is 10.8 Å². The van der Waals surface area contributed by atoms with Crippen LogP contribution in [0.1, 0.15) is 30.9 Å². The summed E-state index contributed by atoms with van der Waals surface area (Å²) in [6.07, 6.45) is 2.33. The summed E-state index contributed by atoms with van der Waals surface area (Å²) in [5.41, 5.74) is 6.29. The first-order chi connectivity index (χ1) is 10.1. The zero-order valence-corrected chi connectivity index (χ0v) is 11.5. The van der Waals surface area contributed by atoms with Crippen molar-refractivity contribution in [1.82, 2.24) is 4.57 Å². The normalized spacial score (nSPS) is 19.2. The lowest BCUT2D eigenvalue weighted by Gasteiger charge is -2.22. The molecule has 1 fully saturated rings. The molecule has 1 aliphatic rings. The smallest absolute Gasteiger partial charge is 0.259 e. The summed E-state index contributed by atoms with van der Waals surface area (Å²) in [6.45, 7) is 0.362. The predicted molar refractivity (Wildman–Crippen MR) is 79.0 cm³/mol. The molecule has 21 heavy (non-hydrogen) atoms.